The SMILES string of the molecule is Cc1cc(F)cc(C)c1S(=O)(=O)NCC1CCC(O)C1. The van der Waals surface area contributed by atoms with E-state index >= 15 is 0 Å². The number of aryl methyl sites for hydroxylation is 2. The molecule has 20 heavy (non-hydrogen) atoms. The number of sulfonamides is 1. The van der Waals surface area contributed by atoms with Gasteiger partial charge in [0.1, 0.15) is 5.82 Å². The molecule has 6 heteroatoms. The highest BCUT2D eigenvalue weighted by Gasteiger charge is 2.26. The van der Waals surface area contributed by atoms with Crippen LogP contribution in [0, 0.1) is 25.6 Å². The molecule has 2 atom stereocenters. The molecule has 2 unspecified atom stereocenters. The van der Waals surface area contributed by atoms with E-state index < -0.39 is 15.8 Å². The average Bonchev–Trinajstić information content (AvgIpc) is 2.71. The van der Waals surface area contributed by atoms with Crippen molar-refractivity contribution in [2.45, 2.75) is 44.1 Å². The quantitative estimate of drug-likeness (QED) is 0.892. The molecule has 1 aromatic carbocycles. The van der Waals surface area contributed by atoms with Crippen molar-refractivity contribution in [3.8, 4) is 0 Å². The highest BCUT2D eigenvalue weighted by Crippen LogP contribution is 2.26. The van der Waals surface area contributed by atoms with Gasteiger partial charge in [0.05, 0.1) is 11.0 Å². The fourth-order valence-electron chi connectivity index (χ4n) is 2.85. The van der Waals surface area contributed by atoms with E-state index in [1.165, 1.54) is 12.1 Å². The Labute approximate surface area is 119 Å². The lowest BCUT2D eigenvalue weighted by Crippen LogP contribution is -2.30. The van der Waals surface area contributed by atoms with Gasteiger partial charge in [-0.3, -0.25) is 0 Å². The fourth-order valence-corrected chi connectivity index (χ4v) is 4.42. The van der Waals surface area contributed by atoms with Crippen molar-refractivity contribution in [1.29, 1.82) is 0 Å². The number of nitrogens with one attached hydrogen (secondary N) is 1. The van der Waals surface area contributed by atoms with Gasteiger partial charge in [-0.1, -0.05) is 0 Å². The van der Waals surface area contributed by atoms with Crippen molar-refractivity contribution < 1.29 is 17.9 Å². The standard InChI is InChI=1S/C14H20FNO3S/c1-9-5-12(15)6-10(2)14(9)20(18,19)16-8-11-3-4-13(17)7-11/h5-6,11,13,16-17H,3-4,7-8H2,1-2H3. The molecule has 112 valence electrons. The van der Waals surface area contributed by atoms with Crippen molar-refractivity contribution in [1.82, 2.24) is 4.72 Å². The normalized spacial score (nSPS) is 23.2. The van der Waals surface area contributed by atoms with Crippen LogP contribution in [0.2, 0.25) is 0 Å². The maximum absolute atomic E-state index is 13.2. The van der Waals surface area contributed by atoms with Gasteiger partial charge >= 0.3 is 0 Å². The Kier molecular flexibility index (Phi) is 4.46. The summed E-state index contributed by atoms with van der Waals surface area (Å²) in [6, 6.07) is 2.45. The molecule has 1 fully saturated rings. The van der Waals surface area contributed by atoms with Crippen LogP contribution in [0.25, 0.3) is 0 Å². The topological polar surface area (TPSA) is 66.4 Å². The lowest BCUT2D eigenvalue weighted by molar-refractivity contribution is 0.178. The van der Waals surface area contributed by atoms with Crippen molar-refractivity contribution in [2.75, 3.05) is 6.54 Å². The second-order valence-corrected chi connectivity index (χ2v) is 7.26. The number of halogens is 1. The maximum Gasteiger partial charge on any atom is 0.241 e. The molecule has 2 N–H and O–H groups in total. The molecule has 0 aromatic heterocycles. The van der Waals surface area contributed by atoms with Crippen LogP contribution in [0.15, 0.2) is 17.0 Å². The van der Waals surface area contributed by atoms with E-state index in [1.807, 2.05) is 0 Å². The van der Waals surface area contributed by atoms with Gasteiger partial charge in [-0.2, -0.15) is 0 Å². The number of rotatable bonds is 4. The van der Waals surface area contributed by atoms with Crippen LogP contribution in [0.3, 0.4) is 0 Å². The summed E-state index contributed by atoms with van der Waals surface area (Å²) < 4.78 is 40.5. The largest absolute Gasteiger partial charge is 0.393 e. The molecule has 4 nitrogen and oxygen atoms in total. The summed E-state index contributed by atoms with van der Waals surface area (Å²) >= 11 is 0. The van der Waals surface area contributed by atoms with E-state index in [-0.39, 0.29) is 16.9 Å². The number of hydrogen-bond acceptors (Lipinski definition) is 3. The molecular weight excluding hydrogens is 281 g/mol. The smallest absolute Gasteiger partial charge is 0.241 e. The summed E-state index contributed by atoms with van der Waals surface area (Å²) in [7, 11) is -3.64. The molecular formula is C14H20FNO3S. The first kappa shape index (κ1) is 15.4. The average molecular weight is 301 g/mol. The Morgan fingerprint density at radius 3 is 2.40 bits per heavy atom. The van der Waals surface area contributed by atoms with Crippen LogP contribution in [-0.2, 0) is 10.0 Å². The fraction of sp³-hybridized carbons (Fsp3) is 0.571. The van der Waals surface area contributed by atoms with Crippen molar-refractivity contribution >= 4 is 10.0 Å². The zero-order valence-electron chi connectivity index (χ0n) is 11.7. The number of hydrogen-bond donors (Lipinski definition) is 2. The summed E-state index contributed by atoms with van der Waals surface area (Å²) in [6.45, 7) is 3.49. The zero-order valence-corrected chi connectivity index (χ0v) is 12.5. The number of aliphatic hydroxyl groups is 1. The lowest BCUT2D eigenvalue weighted by Gasteiger charge is -2.15. The van der Waals surface area contributed by atoms with Gasteiger partial charge in [0.2, 0.25) is 10.0 Å². The van der Waals surface area contributed by atoms with Crippen LogP contribution >= 0.6 is 0 Å². The first-order chi connectivity index (χ1) is 9.29. The molecule has 0 amide bonds. The van der Waals surface area contributed by atoms with Gasteiger partial charge in [-0.25, -0.2) is 17.5 Å². The molecule has 0 saturated heterocycles. The summed E-state index contributed by atoms with van der Waals surface area (Å²) in [4.78, 5) is 0.150. The molecule has 0 bridgehead atoms. The summed E-state index contributed by atoms with van der Waals surface area (Å²) in [5, 5.41) is 9.45. The second kappa shape index (κ2) is 5.79. The van der Waals surface area contributed by atoms with Crippen molar-refractivity contribution in [2.24, 2.45) is 5.92 Å². The Morgan fingerprint density at radius 2 is 1.90 bits per heavy atom. The second-order valence-electron chi connectivity index (χ2n) is 5.55. The third-order valence-electron chi connectivity index (χ3n) is 3.77. The van der Waals surface area contributed by atoms with E-state index in [0.29, 0.717) is 24.1 Å². The van der Waals surface area contributed by atoms with Crippen LogP contribution in [0.5, 0.6) is 0 Å². The molecule has 0 spiro atoms. The Hall–Kier alpha value is -0.980. The molecule has 0 aliphatic heterocycles. The van der Waals surface area contributed by atoms with Gasteiger partial charge in [-0.15, -0.1) is 0 Å². The van der Waals surface area contributed by atoms with E-state index in [9.17, 15) is 17.9 Å². The molecule has 1 aliphatic rings. The predicted octanol–water partition coefficient (Wildman–Crippen LogP) is 1.88. The minimum atomic E-state index is -3.64. The van der Waals surface area contributed by atoms with Gasteiger partial charge in [0.25, 0.3) is 0 Å². The third kappa shape index (κ3) is 3.37. The van der Waals surface area contributed by atoms with Crippen LogP contribution in [0.4, 0.5) is 4.39 Å². The van der Waals surface area contributed by atoms with Crippen molar-refractivity contribution in [3.63, 3.8) is 0 Å². The minimum Gasteiger partial charge on any atom is -0.393 e. The number of aliphatic hydroxyl groups excluding tert-OH is 1. The molecule has 1 aromatic rings. The highest BCUT2D eigenvalue weighted by atomic mass is 32.2. The van der Waals surface area contributed by atoms with Gasteiger partial charge in [-0.05, 0) is 62.3 Å². The highest BCUT2D eigenvalue weighted by molar-refractivity contribution is 7.89. The number of benzene rings is 1. The Balaban J connectivity index is 2.15. The zero-order chi connectivity index (χ0) is 14.9. The molecule has 1 saturated carbocycles. The maximum atomic E-state index is 13.2. The third-order valence-corrected chi connectivity index (χ3v) is 5.50. The van der Waals surface area contributed by atoms with E-state index in [2.05, 4.69) is 4.72 Å². The predicted molar refractivity (Wildman–Crippen MR) is 74.4 cm³/mol. The minimum absolute atomic E-state index is 0.150. The van der Waals surface area contributed by atoms with Crippen LogP contribution in [0.1, 0.15) is 30.4 Å². The first-order valence-electron chi connectivity index (χ1n) is 6.74. The van der Waals surface area contributed by atoms with Crippen LogP contribution in [-0.4, -0.2) is 26.2 Å². The first-order valence-corrected chi connectivity index (χ1v) is 8.22. The molecule has 1 aliphatic carbocycles. The molecule has 0 radical (unpaired) electrons. The van der Waals surface area contributed by atoms with E-state index in [1.54, 1.807) is 13.8 Å². The monoisotopic (exact) mass is 301 g/mol. The van der Waals surface area contributed by atoms with Gasteiger partial charge in [0, 0.05) is 6.54 Å². The Bertz CT molecular complexity index is 577. The summed E-state index contributed by atoms with van der Waals surface area (Å²) in [5.41, 5.74) is 0.808. The Morgan fingerprint density at radius 1 is 1.30 bits per heavy atom. The summed E-state index contributed by atoms with van der Waals surface area (Å²) in [6.07, 6.45) is 1.86. The lowest BCUT2D eigenvalue weighted by atomic mass is 10.1. The van der Waals surface area contributed by atoms with Gasteiger partial charge < -0.3 is 5.11 Å². The molecule has 2 rings (SSSR count). The molecule has 0 heterocycles. The van der Waals surface area contributed by atoms with Crippen LogP contribution < -0.4 is 4.72 Å². The van der Waals surface area contributed by atoms with E-state index in [4.69, 9.17) is 0 Å². The van der Waals surface area contributed by atoms with E-state index in [0.717, 1.165) is 12.8 Å². The van der Waals surface area contributed by atoms with Crippen molar-refractivity contribution in [3.05, 3.63) is 29.1 Å². The summed E-state index contributed by atoms with van der Waals surface area (Å²) in [5.74, 6) is -0.265. The van der Waals surface area contributed by atoms with Gasteiger partial charge in [0.15, 0.2) is 0 Å².